The number of rotatable bonds is 1. The SMILES string of the molecule is c1cc2c(cc1N1CCNCC1)CNC2. The second-order valence-electron chi connectivity index (χ2n) is 4.29. The van der Waals surface area contributed by atoms with Crippen LogP contribution in [0, 0.1) is 0 Å². The molecule has 15 heavy (non-hydrogen) atoms. The summed E-state index contributed by atoms with van der Waals surface area (Å²) in [5, 5.41) is 6.77. The molecule has 1 aromatic rings. The highest BCUT2D eigenvalue weighted by Gasteiger charge is 2.14. The summed E-state index contributed by atoms with van der Waals surface area (Å²) < 4.78 is 0. The number of piperazine rings is 1. The van der Waals surface area contributed by atoms with E-state index < -0.39 is 0 Å². The second kappa shape index (κ2) is 3.83. The third-order valence-corrected chi connectivity index (χ3v) is 3.30. The highest BCUT2D eigenvalue weighted by molar-refractivity contribution is 5.52. The molecule has 1 fully saturated rings. The molecule has 0 spiro atoms. The van der Waals surface area contributed by atoms with Gasteiger partial charge in [0, 0.05) is 45.0 Å². The third-order valence-electron chi connectivity index (χ3n) is 3.30. The van der Waals surface area contributed by atoms with Crippen LogP contribution in [0.5, 0.6) is 0 Å². The van der Waals surface area contributed by atoms with E-state index in [0.717, 1.165) is 39.3 Å². The maximum atomic E-state index is 3.39. The largest absolute Gasteiger partial charge is 0.369 e. The summed E-state index contributed by atoms with van der Waals surface area (Å²) in [6, 6.07) is 6.88. The van der Waals surface area contributed by atoms with Crippen LogP contribution >= 0.6 is 0 Å². The number of fused-ring (bicyclic) bond motifs is 1. The monoisotopic (exact) mass is 203 g/mol. The molecular formula is C12H17N3. The minimum absolute atomic E-state index is 1.04. The van der Waals surface area contributed by atoms with E-state index >= 15 is 0 Å². The minimum atomic E-state index is 1.04. The molecule has 3 rings (SSSR count). The Morgan fingerprint density at radius 2 is 1.73 bits per heavy atom. The molecule has 1 saturated heterocycles. The summed E-state index contributed by atoms with van der Waals surface area (Å²) >= 11 is 0. The summed E-state index contributed by atoms with van der Waals surface area (Å²) in [6.45, 7) is 6.55. The minimum Gasteiger partial charge on any atom is -0.369 e. The van der Waals surface area contributed by atoms with Gasteiger partial charge in [-0.05, 0) is 23.3 Å². The number of anilines is 1. The Hall–Kier alpha value is -1.06. The zero-order chi connectivity index (χ0) is 10.1. The molecule has 2 aliphatic rings. The molecule has 2 aliphatic heterocycles. The fraction of sp³-hybridized carbons (Fsp3) is 0.500. The molecule has 0 aliphatic carbocycles. The van der Waals surface area contributed by atoms with Crippen LogP contribution in [0.3, 0.4) is 0 Å². The molecular weight excluding hydrogens is 186 g/mol. The van der Waals surface area contributed by atoms with Gasteiger partial charge in [-0.15, -0.1) is 0 Å². The number of nitrogens with one attached hydrogen (secondary N) is 2. The lowest BCUT2D eigenvalue weighted by atomic mass is 10.1. The van der Waals surface area contributed by atoms with Crippen LogP contribution in [0.2, 0.25) is 0 Å². The van der Waals surface area contributed by atoms with E-state index in [9.17, 15) is 0 Å². The Morgan fingerprint density at radius 3 is 2.60 bits per heavy atom. The van der Waals surface area contributed by atoms with E-state index in [4.69, 9.17) is 0 Å². The van der Waals surface area contributed by atoms with Crippen LogP contribution in [0.4, 0.5) is 5.69 Å². The van der Waals surface area contributed by atoms with Crippen LogP contribution in [0.15, 0.2) is 18.2 Å². The van der Waals surface area contributed by atoms with Crippen molar-refractivity contribution >= 4 is 5.69 Å². The van der Waals surface area contributed by atoms with Crippen molar-refractivity contribution in [1.29, 1.82) is 0 Å². The molecule has 0 amide bonds. The fourth-order valence-electron chi connectivity index (χ4n) is 2.40. The van der Waals surface area contributed by atoms with Gasteiger partial charge < -0.3 is 15.5 Å². The average Bonchev–Trinajstić information content (AvgIpc) is 2.77. The van der Waals surface area contributed by atoms with Crippen molar-refractivity contribution in [2.75, 3.05) is 31.1 Å². The summed E-state index contributed by atoms with van der Waals surface area (Å²) in [6.07, 6.45) is 0. The highest BCUT2D eigenvalue weighted by Crippen LogP contribution is 2.22. The van der Waals surface area contributed by atoms with Gasteiger partial charge in [0.2, 0.25) is 0 Å². The second-order valence-corrected chi connectivity index (χ2v) is 4.29. The summed E-state index contributed by atoms with van der Waals surface area (Å²) in [5.74, 6) is 0. The molecule has 0 bridgehead atoms. The third kappa shape index (κ3) is 1.73. The van der Waals surface area contributed by atoms with E-state index in [1.54, 1.807) is 0 Å². The van der Waals surface area contributed by atoms with Crippen molar-refractivity contribution < 1.29 is 0 Å². The van der Waals surface area contributed by atoms with E-state index in [-0.39, 0.29) is 0 Å². The van der Waals surface area contributed by atoms with Gasteiger partial charge in [0.25, 0.3) is 0 Å². The predicted molar refractivity (Wildman–Crippen MR) is 62.1 cm³/mol. The topological polar surface area (TPSA) is 27.3 Å². The summed E-state index contributed by atoms with van der Waals surface area (Å²) in [7, 11) is 0. The van der Waals surface area contributed by atoms with Gasteiger partial charge in [0.15, 0.2) is 0 Å². The fourth-order valence-corrected chi connectivity index (χ4v) is 2.40. The van der Waals surface area contributed by atoms with Crippen molar-refractivity contribution in [2.45, 2.75) is 13.1 Å². The lowest BCUT2D eigenvalue weighted by molar-refractivity contribution is 0.589. The standard InChI is InChI=1S/C12H17N3/c1-2-12(15-5-3-13-4-6-15)7-11-9-14-8-10(1)11/h1-2,7,13-14H,3-6,8-9H2. The quantitative estimate of drug-likeness (QED) is 0.703. The molecule has 80 valence electrons. The van der Waals surface area contributed by atoms with Crippen LogP contribution in [0.25, 0.3) is 0 Å². The zero-order valence-corrected chi connectivity index (χ0v) is 8.92. The van der Waals surface area contributed by atoms with E-state index in [1.165, 1.54) is 16.8 Å². The van der Waals surface area contributed by atoms with Crippen molar-refractivity contribution in [2.24, 2.45) is 0 Å². The molecule has 0 unspecified atom stereocenters. The van der Waals surface area contributed by atoms with Gasteiger partial charge in [-0.2, -0.15) is 0 Å². The van der Waals surface area contributed by atoms with Crippen molar-refractivity contribution in [3.8, 4) is 0 Å². The molecule has 3 nitrogen and oxygen atoms in total. The van der Waals surface area contributed by atoms with E-state index in [0.29, 0.717) is 0 Å². The number of hydrogen-bond acceptors (Lipinski definition) is 3. The Morgan fingerprint density at radius 1 is 0.933 bits per heavy atom. The smallest absolute Gasteiger partial charge is 0.0370 e. The maximum Gasteiger partial charge on any atom is 0.0370 e. The van der Waals surface area contributed by atoms with Crippen molar-refractivity contribution in [3.63, 3.8) is 0 Å². The number of benzene rings is 1. The first-order valence-corrected chi connectivity index (χ1v) is 5.72. The average molecular weight is 203 g/mol. The van der Waals surface area contributed by atoms with Gasteiger partial charge in [-0.3, -0.25) is 0 Å². The number of nitrogens with zero attached hydrogens (tertiary/aromatic N) is 1. The highest BCUT2D eigenvalue weighted by atomic mass is 15.2. The predicted octanol–water partition coefficient (Wildman–Crippen LogP) is 0.699. The van der Waals surface area contributed by atoms with Crippen LogP contribution < -0.4 is 15.5 Å². The Labute approximate surface area is 90.5 Å². The van der Waals surface area contributed by atoms with Crippen molar-refractivity contribution in [3.05, 3.63) is 29.3 Å². The van der Waals surface area contributed by atoms with Gasteiger partial charge in [-0.25, -0.2) is 0 Å². The lowest BCUT2D eigenvalue weighted by Crippen LogP contribution is -2.43. The van der Waals surface area contributed by atoms with Gasteiger partial charge in [-0.1, -0.05) is 6.07 Å². The van der Waals surface area contributed by atoms with Crippen molar-refractivity contribution in [1.82, 2.24) is 10.6 Å². The first-order chi connectivity index (χ1) is 7.43. The molecule has 0 radical (unpaired) electrons. The Bertz CT molecular complexity index is 356. The van der Waals surface area contributed by atoms with Gasteiger partial charge >= 0.3 is 0 Å². The first-order valence-electron chi connectivity index (χ1n) is 5.72. The normalized spacial score (nSPS) is 20.4. The Balaban J connectivity index is 1.85. The molecule has 2 heterocycles. The summed E-state index contributed by atoms with van der Waals surface area (Å²) in [5.41, 5.74) is 4.33. The summed E-state index contributed by atoms with van der Waals surface area (Å²) in [4.78, 5) is 2.47. The lowest BCUT2D eigenvalue weighted by Gasteiger charge is -2.29. The van der Waals surface area contributed by atoms with Crippen LogP contribution in [0.1, 0.15) is 11.1 Å². The van der Waals surface area contributed by atoms with E-state index in [2.05, 4.69) is 33.7 Å². The molecule has 0 atom stereocenters. The first kappa shape index (κ1) is 9.19. The van der Waals surface area contributed by atoms with E-state index in [1.807, 2.05) is 0 Å². The zero-order valence-electron chi connectivity index (χ0n) is 8.92. The molecule has 3 heteroatoms. The maximum absolute atomic E-state index is 3.39. The molecule has 1 aromatic carbocycles. The Kier molecular flexibility index (Phi) is 2.35. The van der Waals surface area contributed by atoms with Gasteiger partial charge in [0.1, 0.15) is 0 Å². The van der Waals surface area contributed by atoms with Crippen LogP contribution in [-0.4, -0.2) is 26.2 Å². The number of hydrogen-bond donors (Lipinski definition) is 2. The molecule has 0 aromatic heterocycles. The van der Waals surface area contributed by atoms with Crippen LogP contribution in [-0.2, 0) is 13.1 Å². The molecule has 0 saturated carbocycles. The molecule has 2 N–H and O–H groups in total. The van der Waals surface area contributed by atoms with Gasteiger partial charge in [0.05, 0.1) is 0 Å².